The zero-order valence-electron chi connectivity index (χ0n) is 11.7. The molecule has 106 valence electrons. The first-order valence-electron chi connectivity index (χ1n) is 6.99. The Bertz CT molecular complexity index is 945. The molecule has 0 unspecified atom stereocenters. The van der Waals surface area contributed by atoms with E-state index in [1.165, 1.54) is 0 Å². The van der Waals surface area contributed by atoms with Crippen molar-refractivity contribution >= 4 is 10.9 Å². The van der Waals surface area contributed by atoms with Gasteiger partial charge in [-0.3, -0.25) is 4.98 Å². The summed E-state index contributed by atoms with van der Waals surface area (Å²) in [5.41, 5.74) is 3.85. The first-order valence-corrected chi connectivity index (χ1v) is 6.99. The first-order chi connectivity index (χ1) is 10.8. The first kappa shape index (κ1) is 12.6. The number of fused-ring (bicyclic) bond motifs is 1. The Kier molecular flexibility index (Phi) is 2.86. The fourth-order valence-electron chi connectivity index (χ4n) is 2.57. The largest absolute Gasteiger partial charge is 0.508 e. The number of hydrogen-bond acceptors (Lipinski definition) is 3. The molecule has 4 heteroatoms. The number of phenols is 1. The van der Waals surface area contributed by atoms with Crippen LogP contribution in [0.15, 0.2) is 73.2 Å². The van der Waals surface area contributed by atoms with Gasteiger partial charge in [0.05, 0.1) is 17.4 Å². The minimum Gasteiger partial charge on any atom is -0.508 e. The standard InChI is InChI=1S/C18H13N3O/c22-15-6-7-17-16(8-9-19-18(17)10-15)13-11-20-21(12-13)14-4-2-1-3-5-14/h1-12,22H. The summed E-state index contributed by atoms with van der Waals surface area (Å²) in [5.74, 6) is 0.220. The Hall–Kier alpha value is -3.14. The third-order valence-electron chi connectivity index (χ3n) is 3.64. The molecule has 2 aromatic carbocycles. The molecule has 0 amide bonds. The molecular formula is C18H13N3O. The van der Waals surface area contributed by atoms with E-state index in [9.17, 15) is 5.11 Å². The van der Waals surface area contributed by atoms with Gasteiger partial charge in [0, 0.05) is 29.4 Å². The summed E-state index contributed by atoms with van der Waals surface area (Å²) in [4.78, 5) is 4.31. The summed E-state index contributed by atoms with van der Waals surface area (Å²) in [6.07, 6.45) is 5.59. The number of rotatable bonds is 2. The maximum Gasteiger partial charge on any atom is 0.117 e. The molecule has 0 spiro atoms. The van der Waals surface area contributed by atoms with Crippen LogP contribution in [0.4, 0.5) is 0 Å². The zero-order valence-corrected chi connectivity index (χ0v) is 11.7. The number of benzene rings is 2. The third kappa shape index (κ3) is 2.11. The van der Waals surface area contributed by atoms with Crippen LogP contribution in [0.25, 0.3) is 27.7 Å². The molecule has 0 aliphatic rings. The van der Waals surface area contributed by atoms with Crippen LogP contribution in [0.1, 0.15) is 0 Å². The van der Waals surface area contributed by atoms with Crippen molar-refractivity contribution in [3.8, 4) is 22.6 Å². The van der Waals surface area contributed by atoms with Gasteiger partial charge in [0.1, 0.15) is 5.75 Å². The van der Waals surface area contributed by atoms with E-state index < -0.39 is 0 Å². The van der Waals surface area contributed by atoms with Crippen LogP contribution in [-0.4, -0.2) is 19.9 Å². The van der Waals surface area contributed by atoms with Crippen LogP contribution < -0.4 is 0 Å². The molecule has 4 nitrogen and oxygen atoms in total. The minimum absolute atomic E-state index is 0.220. The highest BCUT2D eigenvalue weighted by Gasteiger charge is 2.08. The van der Waals surface area contributed by atoms with Gasteiger partial charge in [0.2, 0.25) is 0 Å². The number of pyridine rings is 1. The Morgan fingerprint density at radius 3 is 2.68 bits per heavy atom. The SMILES string of the molecule is Oc1ccc2c(-c3cnn(-c4ccccc4)c3)ccnc2c1. The molecule has 4 aromatic rings. The summed E-state index contributed by atoms with van der Waals surface area (Å²) in [7, 11) is 0. The fraction of sp³-hybridized carbons (Fsp3) is 0. The van der Waals surface area contributed by atoms with E-state index in [4.69, 9.17) is 0 Å². The van der Waals surface area contributed by atoms with Crippen molar-refractivity contribution in [3.63, 3.8) is 0 Å². The minimum atomic E-state index is 0.220. The van der Waals surface area contributed by atoms with Crippen molar-refractivity contribution < 1.29 is 5.11 Å². The topological polar surface area (TPSA) is 50.9 Å². The van der Waals surface area contributed by atoms with Gasteiger partial charge in [-0.25, -0.2) is 4.68 Å². The van der Waals surface area contributed by atoms with Crippen LogP contribution in [-0.2, 0) is 0 Å². The molecule has 0 fully saturated rings. The lowest BCUT2D eigenvalue weighted by Crippen LogP contribution is -1.92. The van der Waals surface area contributed by atoms with E-state index in [1.807, 2.05) is 59.5 Å². The molecule has 2 heterocycles. The van der Waals surface area contributed by atoms with Gasteiger partial charge in [-0.1, -0.05) is 18.2 Å². The number of nitrogens with zero attached hydrogens (tertiary/aromatic N) is 3. The predicted octanol–water partition coefficient (Wildman–Crippen LogP) is 3.79. The number of aromatic hydroxyl groups is 1. The van der Waals surface area contributed by atoms with Gasteiger partial charge in [0.15, 0.2) is 0 Å². The molecule has 0 saturated heterocycles. The van der Waals surface area contributed by atoms with Crippen LogP contribution in [0, 0.1) is 0 Å². The second kappa shape index (κ2) is 5.00. The van der Waals surface area contributed by atoms with E-state index in [1.54, 1.807) is 18.3 Å². The van der Waals surface area contributed by atoms with E-state index in [0.717, 1.165) is 27.7 Å². The summed E-state index contributed by atoms with van der Waals surface area (Å²) < 4.78 is 1.85. The van der Waals surface area contributed by atoms with Crippen molar-refractivity contribution in [1.29, 1.82) is 0 Å². The van der Waals surface area contributed by atoms with Gasteiger partial charge in [-0.2, -0.15) is 5.10 Å². The van der Waals surface area contributed by atoms with Crippen molar-refractivity contribution in [2.24, 2.45) is 0 Å². The molecule has 0 aliphatic carbocycles. The van der Waals surface area contributed by atoms with Crippen LogP contribution in [0.5, 0.6) is 5.75 Å². The number of hydrogen-bond donors (Lipinski definition) is 1. The van der Waals surface area contributed by atoms with Crippen molar-refractivity contribution in [1.82, 2.24) is 14.8 Å². The summed E-state index contributed by atoms with van der Waals surface area (Å²) in [6.45, 7) is 0. The average molecular weight is 287 g/mol. The third-order valence-corrected chi connectivity index (χ3v) is 3.64. The molecule has 0 saturated carbocycles. The maximum atomic E-state index is 9.59. The molecule has 0 bridgehead atoms. The Labute approximate surface area is 127 Å². The number of phenolic OH excluding ortho intramolecular Hbond substituents is 1. The maximum absolute atomic E-state index is 9.59. The zero-order chi connectivity index (χ0) is 14.9. The molecule has 0 atom stereocenters. The second-order valence-corrected chi connectivity index (χ2v) is 5.07. The van der Waals surface area contributed by atoms with E-state index >= 15 is 0 Å². The van der Waals surface area contributed by atoms with Crippen LogP contribution in [0.3, 0.4) is 0 Å². The van der Waals surface area contributed by atoms with Crippen LogP contribution >= 0.6 is 0 Å². The lowest BCUT2D eigenvalue weighted by atomic mass is 10.0. The highest BCUT2D eigenvalue weighted by Crippen LogP contribution is 2.29. The van der Waals surface area contributed by atoms with Crippen LogP contribution in [0.2, 0.25) is 0 Å². The van der Waals surface area contributed by atoms with Crippen molar-refractivity contribution in [3.05, 3.63) is 73.2 Å². The highest BCUT2D eigenvalue weighted by atomic mass is 16.3. The van der Waals surface area contributed by atoms with Gasteiger partial charge in [0.25, 0.3) is 0 Å². The second-order valence-electron chi connectivity index (χ2n) is 5.07. The molecule has 4 rings (SSSR count). The Balaban J connectivity index is 1.85. The Morgan fingerprint density at radius 2 is 1.82 bits per heavy atom. The number of para-hydroxylation sites is 1. The summed E-state index contributed by atoms with van der Waals surface area (Å²) in [6, 6.07) is 17.2. The average Bonchev–Trinajstić information content (AvgIpc) is 3.04. The lowest BCUT2D eigenvalue weighted by molar-refractivity contribution is 0.476. The van der Waals surface area contributed by atoms with E-state index in [0.29, 0.717) is 0 Å². The molecule has 22 heavy (non-hydrogen) atoms. The number of aromatic nitrogens is 3. The molecule has 1 N–H and O–H groups in total. The van der Waals surface area contributed by atoms with Crippen molar-refractivity contribution in [2.45, 2.75) is 0 Å². The summed E-state index contributed by atoms with van der Waals surface area (Å²) >= 11 is 0. The summed E-state index contributed by atoms with van der Waals surface area (Å²) in [5, 5.41) is 15.0. The predicted molar refractivity (Wildman–Crippen MR) is 86.0 cm³/mol. The highest BCUT2D eigenvalue weighted by molar-refractivity contribution is 5.94. The van der Waals surface area contributed by atoms with Gasteiger partial charge in [-0.15, -0.1) is 0 Å². The molecule has 0 radical (unpaired) electrons. The quantitative estimate of drug-likeness (QED) is 0.610. The normalized spacial score (nSPS) is 10.9. The van der Waals surface area contributed by atoms with Gasteiger partial charge in [-0.05, 0) is 35.9 Å². The smallest absolute Gasteiger partial charge is 0.117 e. The molecular weight excluding hydrogens is 274 g/mol. The fourth-order valence-corrected chi connectivity index (χ4v) is 2.57. The van der Waals surface area contributed by atoms with Gasteiger partial charge >= 0.3 is 0 Å². The Morgan fingerprint density at radius 1 is 0.955 bits per heavy atom. The lowest BCUT2D eigenvalue weighted by Gasteiger charge is -2.04. The van der Waals surface area contributed by atoms with E-state index in [2.05, 4.69) is 10.1 Å². The molecule has 2 aromatic heterocycles. The van der Waals surface area contributed by atoms with Gasteiger partial charge < -0.3 is 5.11 Å². The van der Waals surface area contributed by atoms with E-state index in [-0.39, 0.29) is 5.75 Å². The van der Waals surface area contributed by atoms with Crippen molar-refractivity contribution in [2.75, 3.05) is 0 Å². The monoisotopic (exact) mass is 287 g/mol. The molecule has 0 aliphatic heterocycles.